The Labute approximate surface area is 395 Å². The van der Waals surface area contributed by atoms with E-state index in [0.29, 0.717) is 0 Å². The second kappa shape index (κ2) is 18.1. The molecule has 3 aromatic heterocycles. The smallest absolute Gasteiger partial charge is 0.0799 e. The maximum absolute atomic E-state index is 8.44. The van der Waals surface area contributed by atoms with Gasteiger partial charge in [0, 0.05) is 38.1 Å². The quantitative estimate of drug-likeness (QED) is 0.118. The predicted octanol–water partition coefficient (Wildman–Crippen LogP) is 15.6. The van der Waals surface area contributed by atoms with E-state index in [0.717, 1.165) is 44.9 Å². The molecule has 0 saturated carbocycles. The Bertz CT molecular complexity index is 3460. The van der Waals surface area contributed by atoms with Crippen LogP contribution in [0.15, 0.2) is 188 Å². The summed E-state index contributed by atoms with van der Waals surface area (Å²) in [5.41, 5.74) is 11.9. The molecule has 11 aromatic rings. The molecule has 315 valence electrons. The third-order valence-corrected chi connectivity index (χ3v) is 14.9. The van der Waals surface area contributed by atoms with Gasteiger partial charge in [0.1, 0.15) is 0 Å². The van der Waals surface area contributed by atoms with Crippen LogP contribution in [0.3, 0.4) is 0 Å². The molecule has 0 fully saturated rings. The Kier molecular flexibility index (Phi) is 11.8. The maximum Gasteiger partial charge on any atom is 0.0799 e. The molecule has 3 heterocycles. The first kappa shape index (κ1) is 41.7. The predicted molar refractivity (Wildman–Crippen MR) is 272 cm³/mol. The van der Waals surface area contributed by atoms with E-state index in [1.54, 1.807) is 0 Å². The minimum absolute atomic E-state index is 0. The molecule has 0 spiro atoms. The third kappa shape index (κ3) is 8.31. The van der Waals surface area contributed by atoms with Crippen molar-refractivity contribution in [2.75, 3.05) is 0 Å². The molecule has 0 aliphatic heterocycles. The van der Waals surface area contributed by atoms with Gasteiger partial charge in [-0.3, -0.25) is 4.98 Å². The van der Waals surface area contributed by atoms with Gasteiger partial charge in [-0.1, -0.05) is 182 Å². The van der Waals surface area contributed by atoms with E-state index in [9.17, 15) is 0 Å². The van der Waals surface area contributed by atoms with Crippen LogP contribution >= 0.6 is 11.3 Å². The molecule has 1 radical (unpaired) electrons. The molecule has 11 rings (SSSR count). The molecule has 0 aliphatic rings. The van der Waals surface area contributed by atoms with Gasteiger partial charge in [0.25, 0.3) is 0 Å². The number of nitrogens with zero attached hydrogens (tertiary/aromatic N) is 3. The topological polar surface area (TPSA) is 30.7 Å². The minimum Gasteiger partial charge on any atom is -0.333 e. The fourth-order valence-electron chi connectivity index (χ4n) is 8.60. The summed E-state index contributed by atoms with van der Waals surface area (Å²) in [6.07, 6.45) is 1.98. The van der Waals surface area contributed by atoms with Crippen LogP contribution < -0.4 is 5.19 Å². The molecule has 3 nitrogen and oxygen atoms in total. The molecule has 0 amide bonds. The van der Waals surface area contributed by atoms with Crippen LogP contribution in [0.25, 0.3) is 92.6 Å². The van der Waals surface area contributed by atoms with E-state index in [1.807, 2.05) is 55.6 Å². The average Bonchev–Trinajstić information content (AvgIpc) is 3.90. The van der Waals surface area contributed by atoms with Crippen molar-refractivity contribution < 1.29 is 21.5 Å². The van der Waals surface area contributed by atoms with E-state index >= 15 is 0 Å². The van der Waals surface area contributed by atoms with Crippen LogP contribution in [-0.4, -0.2) is 22.6 Å². The van der Waals surface area contributed by atoms with Gasteiger partial charge in [0.2, 0.25) is 0 Å². The van der Waals surface area contributed by atoms with Gasteiger partial charge in [-0.25, -0.2) is 0 Å². The van der Waals surface area contributed by atoms with E-state index in [4.69, 9.17) is 6.35 Å². The summed E-state index contributed by atoms with van der Waals surface area (Å²) in [5, 5.41) is 6.18. The Balaban J connectivity index is 0.000000215. The summed E-state index contributed by atoms with van der Waals surface area (Å²) in [4.78, 5) is 9.98. The van der Waals surface area contributed by atoms with Gasteiger partial charge < -0.3 is 9.55 Å². The second-order valence-corrected chi connectivity index (χ2v) is 23.4. The number of imidazole rings is 1. The number of benzene rings is 8. The summed E-state index contributed by atoms with van der Waals surface area (Å²) in [6, 6.07) is 70.8. The molecule has 6 heteroatoms. The molecule has 0 bridgehead atoms. The van der Waals surface area contributed by atoms with Crippen molar-refractivity contribution in [3.8, 4) is 50.6 Å². The number of hydrogen-bond donors (Lipinski definition) is 0. The van der Waals surface area contributed by atoms with Crippen LogP contribution in [0, 0.1) is 12.1 Å². The van der Waals surface area contributed by atoms with Crippen LogP contribution in [0.1, 0.15) is 26.7 Å². The van der Waals surface area contributed by atoms with Crippen molar-refractivity contribution >= 4 is 66.6 Å². The zero-order chi connectivity index (χ0) is 44.0. The van der Waals surface area contributed by atoms with Crippen LogP contribution in [0.2, 0.25) is 19.6 Å². The van der Waals surface area contributed by atoms with Crippen molar-refractivity contribution in [2.24, 2.45) is 0 Å². The van der Waals surface area contributed by atoms with Gasteiger partial charge in [-0.2, -0.15) is 11.3 Å². The SMILES string of the molecule is [2H]C(C)(C)c1cc(-c2[c-]cccc2)ncc1[Si](C)(C)C.[Ir].[c-]1cc(-c2ccccc2)c2c(sc3ccccc32)c1-c1nc2cc3ccccc3cc2n1-c1cccc(-c2ccccc2)c1. The number of thiophene rings is 1. The van der Waals surface area contributed by atoms with Crippen molar-refractivity contribution in [3.63, 3.8) is 0 Å². The largest absolute Gasteiger partial charge is 0.333 e. The average molecular weight is 1040 g/mol. The van der Waals surface area contributed by atoms with E-state index in [1.165, 1.54) is 58.4 Å². The molecule has 0 aliphatic carbocycles. The van der Waals surface area contributed by atoms with Gasteiger partial charge in [-0.15, -0.1) is 48.0 Å². The Hall–Kier alpha value is -6.27. The normalized spacial score (nSPS) is 11.9. The standard InChI is InChI=1S/C41H25N2S.C17H22NSi.Ir/c1-3-12-27(13-4-1)29-18-11-19-32(24-29)43-37-26-31-17-8-7-16-30(31)25-36(37)42-41(43)35-23-22-33(28-14-5-2-6-15-28)39-34-20-9-10-21-38(34)44-40(35)39;1-13(2)15-11-16(14-9-7-6-8-10-14)18-12-17(15)19(3,4)5;/h1-22,24-26H;6-9,11-13H,1-5H3;/q2*-1;/i;13D;. The Morgan fingerprint density at radius 3 is 2.06 bits per heavy atom. The molecule has 64 heavy (non-hydrogen) atoms. The third-order valence-electron chi connectivity index (χ3n) is 11.7. The summed E-state index contributed by atoms with van der Waals surface area (Å²) >= 11 is 1.82. The summed E-state index contributed by atoms with van der Waals surface area (Å²) in [6.45, 7) is 10.8. The number of hydrogen-bond acceptors (Lipinski definition) is 3. The van der Waals surface area contributed by atoms with Crippen LogP contribution in [0.5, 0.6) is 0 Å². The Morgan fingerprint density at radius 2 is 1.34 bits per heavy atom. The van der Waals surface area contributed by atoms with Crippen LogP contribution in [-0.2, 0) is 20.1 Å². The van der Waals surface area contributed by atoms with Gasteiger partial charge >= 0.3 is 0 Å². The maximum atomic E-state index is 8.44. The van der Waals surface area contributed by atoms with Gasteiger partial charge in [0.05, 0.1) is 24.9 Å². The second-order valence-electron chi connectivity index (χ2n) is 17.3. The molecule has 0 saturated heterocycles. The number of fused-ring (bicyclic) bond motifs is 5. The monoisotopic (exact) mass is 1040 g/mol. The Morgan fingerprint density at radius 1 is 0.672 bits per heavy atom. The number of rotatable bonds is 7. The molecule has 8 aromatic carbocycles. The fourth-order valence-corrected chi connectivity index (χ4v) is 11.4. The zero-order valence-corrected chi connectivity index (χ0v) is 40.7. The zero-order valence-electron chi connectivity index (χ0n) is 37.5. The minimum atomic E-state index is -1.50. The van der Waals surface area contributed by atoms with Crippen molar-refractivity contribution in [3.05, 3.63) is 206 Å². The summed E-state index contributed by atoms with van der Waals surface area (Å²) in [5.74, 6) is 0.291. The van der Waals surface area contributed by atoms with E-state index in [2.05, 4.69) is 199 Å². The molecular formula is C58H47IrN3SSi-2. The molecular weight excluding hydrogens is 991 g/mol. The first-order valence-electron chi connectivity index (χ1n) is 22.0. The first-order valence-corrected chi connectivity index (χ1v) is 25.8. The number of aromatic nitrogens is 3. The van der Waals surface area contributed by atoms with Gasteiger partial charge in [0.15, 0.2) is 0 Å². The number of pyridine rings is 1. The van der Waals surface area contributed by atoms with Crippen molar-refractivity contribution in [2.45, 2.75) is 39.4 Å². The first-order chi connectivity index (χ1) is 31.0. The van der Waals surface area contributed by atoms with Crippen molar-refractivity contribution in [1.29, 1.82) is 0 Å². The van der Waals surface area contributed by atoms with Crippen molar-refractivity contribution in [1.82, 2.24) is 14.5 Å². The van der Waals surface area contributed by atoms with Crippen LogP contribution in [0.4, 0.5) is 0 Å². The molecule has 0 N–H and O–H groups in total. The fraction of sp³-hybridized carbons (Fsp3) is 0.103. The molecule has 0 atom stereocenters. The van der Waals surface area contributed by atoms with E-state index in [-0.39, 0.29) is 20.1 Å². The summed E-state index contributed by atoms with van der Waals surface area (Å²) < 4.78 is 13.2. The summed E-state index contributed by atoms with van der Waals surface area (Å²) in [7, 11) is -1.50. The van der Waals surface area contributed by atoms with Gasteiger partial charge in [-0.05, 0) is 79.1 Å². The molecule has 0 unspecified atom stereocenters. The van der Waals surface area contributed by atoms with E-state index < -0.39 is 14.0 Å².